The Labute approximate surface area is 107 Å². The van der Waals surface area contributed by atoms with Gasteiger partial charge in [0.1, 0.15) is 5.75 Å². The van der Waals surface area contributed by atoms with Gasteiger partial charge in [0.05, 0.1) is 5.02 Å². The maximum Gasteiger partial charge on any atom is 0.138 e. The maximum absolute atomic E-state index is 9.82. The van der Waals surface area contributed by atoms with E-state index < -0.39 is 0 Å². The average Bonchev–Trinajstić information content (AvgIpc) is 2.74. The van der Waals surface area contributed by atoms with Crippen molar-refractivity contribution in [3.63, 3.8) is 0 Å². The van der Waals surface area contributed by atoms with Crippen LogP contribution in [0.4, 0.5) is 0 Å². The van der Waals surface area contributed by atoms with Crippen LogP contribution in [0.25, 0.3) is 0 Å². The van der Waals surface area contributed by atoms with Crippen molar-refractivity contribution in [2.24, 2.45) is 11.7 Å². The van der Waals surface area contributed by atoms with Crippen molar-refractivity contribution >= 4 is 24.0 Å². The lowest BCUT2D eigenvalue weighted by molar-refractivity contribution is 0.412. The fraction of sp³-hybridized carbons (Fsp3) is 0.500. The zero-order valence-corrected chi connectivity index (χ0v) is 10.6. The molecule has 1 fully saturated rings. The molecule has 0 amide bonds. The minimum absolute atomic E-state index is 0. The second kappa shape index (κ2) is 5.76. The molecule has 1 aromatic carbocycles. The Morgan fingerprint density at radius 3 is 2.56 bits per heavy atom. The summed E-state index contributed by atoms with van der Waals surface area (Å²) in [6, 6.07) is 5.31. The monoisotopic (exact) mass is 261 g/mol. The number of phenolic OH excluding ortho intramolecular Hbond substituents is 1. The number of benzene rings is 1. The summed E-state index contributed by atoms with van der Waals surface area (Å²) in [5, 5.41) is 10.2. The molecule has 0 aliphatic heterocycles. The van der Waals surface area contributed by atoms with E-state index >= 15 is 0 Å². The highest BCUT2D eigenvalue weighted by molar-refractivity contribution is 6.32. The lowest BCUT2D eigenvalue weighted by Gasteiger charge is -2.20. The van der Waals surface area contributed by atoms with Gasteiger partial charge in [-0.2, -0.15) is 0 Å². The highest BCUT2D eigenvalue weighted by Crippen LogP contribution is 2.39. The minimum atomic E-state index is -0.0776. The van der Waals surface area contributed by atoms with Crippen LogP contribution in [-0.4, -0.2) is 5.11 Å². The number of para-hydroxylation sites is 1. The van der Waals surface area contributed by atoms with Crippen molar-refractivity contribution in [1.82, 2.24) is 0 Å². The van der Waals surface area contributed by atoms with Gasteiger partial charge in [-0.3, -0.25) is 0 Å². The van der Waals surface area contributed by atoms with Crippen LogP contribution in [0.15, 0.2) is 18.2 Å². The van der Waals surface area contributed by atoms with Crippen LogP contribution in [0, 0.1) is 5.92 Å². The van der Waals surface area contributed by atoms with E-state index in [0.29, 0.717) is 10.9 Å². The molecule has 1 saturated carbocycles. The third-order valence-corrected chi connectivity index (χ3v) is 3.59. The zero-order valence-electron chi connectivity index (χ0n) is 9.03. The molecular formula is C12H17Cl2NO. The molecule has 4 heteroatoms. The van der Waals surface area contributed by atoms with Gasteiger partial charge in [0.2, 0.25) is 0 Å². The number of halogens is 2. The van der Waals surface area contributed by atoms with Crippen LogP contribution in [0.2, 0.25) is 5.02 Å². The Balaban J connectivity index is 0.00000128. The SMILES string of the molecule is Cl.N[C@@H](c1cccc(Cl)c1O)C1CCCC1. The summed E-state index contributed by atoms with van der Waals surface area (Å²) in [6.45, 7) is 0. The Kier molecular flexibility index (Phi) is 4.90. The van der Waals surface area contributed by atoms with Crippen molar-refractivity contribution in [3.05, 3.63) is 28.8 Å². The number of hydrogen-bond acceptors (Lipinski definition) is 2. The van der Waals surface area contributed by atoms with E-state index in [2.05, 4.69) is 0 Å². The van der Waals surface area contributed by atoms with Gasteiger partial charge in [-0.1, -0.05) is 36.6 Å². The quantitative estimate of drug-likeness (QED) is 0.854. The molecule has 3 N–H and O–H groups in total. The fourth-order valence-electron chi connectivity index (χ4n) is 2.37. The minimum Gasteiger partial charge on any atom is -0.506 e. The van der Waals surface area contributed by atoms with Crippen LogP contribution < -0.4 is 5.73 Å². The predicted octanol–water partition coefficient (Wildman–Crippen LogP) is 3.66. The second-order valence-corrected chi connectivity index (χ2v) is 4.66. The molecular weight excluding hydrogens is 245 g/mol. The molecule has 1 aliphatic rings. The van der Waals surface area contributed by atoms with Crippen molar-refractivity contribution in [2.75, 3.05) is 0 Å². The summed E-state index contributed by atoms with van der Waals surface area (Å²) in [5.41, 5.74) is 6.94. The largest absolute Gasteiger partial charge is 0.506 e. The van der Waals surface area contributed by atoms with E-state index in [4.69, 9.17) is 17.3 Å². The van der Waals surface area contributed by atoms with Crippen molar-refractivity contribution < 1.29 is 5.11 Å². The summed E-state index contributed by atoms with van der Waals surface area (Å²) in [6.07, 6.45) is 4.82. The molecule has 0 radical (unpaired) electrons. The van der Waals surface area contributed by atoms with Crippen molar-refractivity contribution in [2.45, 2.75) is 31.7 Å². The van der Waals surface area contributed by atoms with Gasteiger partial charge in [0.15, 0.2) is 0 Å². The Bertz CT molecular complexity index is 351. The predicted molar refractivity (Wildman–Crippen MR) is 69.3 cm³/mol. The van der Waals surface area contributed by atoms with Crippen LogP contribution >= 0.6 is 24.0 Å². The molecule has 90 valence electrons. The fourth-order valence-corrected chi connectivity index (χ4v) is 2.55. The summed E-state index contributed by atoms with van der Waals surface area (Å²) in [5.74, 6) is 0.646. The Morgan fingerprint density at radius 1 is 1.31 bits per heavy atom. The standard InChI is InChI=1S/C12H16ClNO.ClH/c13-10-7-3-6-9(12(10)15)11(14)8-4-1-2-5-8;/h3,6-8,11,15H,1-2,4-5,14H2;1H/t11-;/m1./s1. The summed E-state index contributed by atoms with van der Waals surface area (Å²) < 4.78 is 0. The highest BCUT2D eigenvalue weighted by atomic mass is 35.5. The van der Waals surface area contributed by atoms with E-state index in [1.54, 1.807) is 6.07 Å². The molecule has 1 aromatic rings. The van der Waals surface area contributed by atoms with Crippen LogP contribution in [0.3, 0.4) is 0 Å². The molecule has 16 heavy (non-hydrogen) atoms. The topological polar surface area (TPSA) is 46.2 Å². The number of aromatic hydroxyl groups is 1. The number of nitrogens with two attached hydrogens (primary N) is 1. The summed E-state index contributed by atoms with van der Waals surface area (Å²) >= 11 is 5.86. The maximum atomic E-state index is 9.82. The first-order chi connectivity index (χ1) is 7.20. The normalized spacial score (nSPS) is 18.1. The van der Waals surface area contributed by atoms with Crippen LogP contribution in [-0.2, 0) is 0 Å². The van der Waals surface area contributed by atoms with Crippen molar-refractivity contribution in [1.29, 1.82) is 0 Å². The van der Waals surface area contributed by atoms with Gasteiger partial charge in [-0.15, -0.1) is 12.4 Å². The first-order valence-electron chi connectivity index (χ1n) is 5.43. The van der Waals surface area contributed by atoms with E-state index in [0.717, 1.165) is 18.4 Å². The summed E-state index contributed by atoms with van der Waals surface area (Å²) in [4.78, 5) is 0. The number of rotatable bonds is 2. The van der Waals surface area contributed by atoms with E-state index in [1.807, 2.05) is 12.1 Å². The molecule has 1 aliphatic carbocycles. The lowest BCUT2D eigenvalue weighted by Crippen LogP contribution is -2.19. The summed E-state index contributed by atoms with van der Waals surface area (Å²) in [7, 11) is 0. The molecule has 2 nitrogen and oxygen atoms in total. The third-order valence-electron chi connectivity index (χ3n) is 3.28. The molecule has 1 atom stereocenters. The number of hydrogen-bond donors (Lipinski definition) is 2. The first kappa shape index (κ1) is 13.6. The number of phenols is 1. The molecule has 0 saturated heterocycles. The Morgan fingerprint density at radius 2 is 1.94 bits per heavy atom. The molecule has 0 spiro atoms. The molecule has 0 bridgehead atoms. The van der Waals surface area contributed by atoms with E-state index in [9.17, 15) is 5.11 Å². The van der Waals surface area contributed by atoms with E-state index in [1.165, 1.54) is 12.8 Å². The second-order valence-electron chi connectivity index (χ2n) is 4.25. The van der Waals surface area contributed by atoms with Gasteiger partial charge in [0.25, 0.3) is 0 Å². The van der Waals surface area contributed by atoms with Gasteiger partial charge in [0, 0.05) is 11.6 Å². The lowest BCUT2D eigenvalue weighted by atomic mass is 9.92. The smallest absolute Gasteiger partial charge is 0.138 e. The van der Waals surface area contributed by atoms with Gasteiger partial charge >= 0.3 is 0 Å². The molecule has 2 rings (SSSR count). The first-order valence-corrected chi connectivity index (χ1v) is 5.81. The highest BCUT2D eigenvalue weighted by Gasteiger charge is 2.25. The Hall–Kier alpha value is -0.440. The van der Waals surface area contributed by atoms with Crippen LogP contribution in [0.1, 0.15) is 37.3 Å². The van der Waals surface area contributed by atoms with Gasteiger partial charge in [-0.25, -0.2) is 0 Å². The molecule has 0 aromatic heterocycles. The van der Waals surface area contributed by atoms with Gasteiger partial charge in [-0.05, 0) is 24.8 Å². The zero-order chi connectivity index (χ0) is 10.8. The molecule has 0 heterocycles. The van der Waals surface area contributed by atoms with Crippen LogP contribution in [0.5, 0.6) is 5.75 Å². The third kappa shape index (κ3) is 2.62. The van der Waals surface area contributed by atoms with Gasteiger partial charge < -0.3 is 10.8 Å². The average molecular weight is 262 g/mol. The molecule has 0 unspecified atom stereocenters. The van der Waals surface area contributed by atoms with Crippen molar-refractivity contribution in [3.8, 4) is 5.75 Å². The van der Waals surface area contributed by atoms with E-state index in [-0.39, 0.29) is 24.2 Å².